The van der Waals surface area contributed by atoms with Gasteiger partial charge in [-0.3, -0.25) is 4.79 Å². The van der Waals surface area contributed by atoms with E-state index >= 15 is 0 Å². The Kier molecular flexibility index (Phi) is 0.886. The summed E-state index contributed by atoms with van der Waals surface area (Å²) in [7, 11) is 0. The Morgan fingerprint density at radius 2 is 2.25 bits per heavy atom. The third-order valence-electron chi connectivity index (χ3n) is 4.54. The second-order valence-electron chi connectivity index (χ2n) is 4.94. The summed E-state index contributed by atoms with van der Waals surface area (Å²) < 4.78 is 0. The molecule has 2 fully saturated rings. The van der Waals surface area contributed by atoms with Gasteiger partial charge in [0, 0.05) is 11.3 Å². The van der Waals surface area contributed by atoms with Crippen molar-refractivity contribution in [3.8, 4) is 0 Å². The van der Waals surface area contributed by atoms with Crippen molar-refractivity contribution in [1.82, 2.24) is 0 Å². The first-order valence-corrected chi connectivity index (χ1v) is 4.85. The van der Waals surface area contributed by atoms with E-state index in [9.17, 15) is 4.79 Å². The number of ketones is 1. The summed E-state index contributed by atoms with van der Waals surface area (Å²) in [5, 5.41) is 0. The van der Waals surface area contributed by atoms with E-state index in [4.69, 9.17) is 0 Å². The number of allylic oxidation sites excluding steroid dienone is 2. The second kappa shape index (κ2) is 1.55. The van der Waals surface area contributed by atoms with Gasteiger partial charge in [-0.15, -0.1) is 0 Å². The Hall–Kier alpha value is -0.590. The van der Waals surface area contributed by atoms with Crippen LogP contribution in [0.5, 0.6) is 0 Å². The molecule has 1 nitrogen and oxygen atoms in total. The molecule has 1 spiro atoms. The van der Waals surface area contributed by atoms with Crippen LogP contribution >= 0.6 is 0 Å². The maximum atomic E-state index is 11.7. The SMILES string of the molecule is CC1=CC23CCCC2(C)C3C1=O. The number of rotatable bonds is 0. The zero-order valence-electron chi connectivity index (χ0n) is 7.68. The summed E-state index contributed by atoms with van der Waals surface area (Å²) in [6.45, 7) is 4.27. The van der Waals surface area contributed by atoms with E-state index in [1.54, 1.807) is 0 Å². The lowest BCUT2D eigenvalue weighted by molar-refractivity contribution is -0.117. The molecule has 0 aromatic rings. The smallest absolute Gasteiger partial charge is 0.162 e. The number of hydrogen-bond donors (Lipinski definition) is 0. The first kappa shape index (κ1) is 6.88. The van der Waals surface area contributed by atoms with Crippen molar-refractivity contribution in [1.29, 1.82) is 0 Å². The molecule has 64 valence electrons. The van der Waals surface area contributed by atoms with E-state index in [2.05, 4.69) is 13.0 Å². The van der Waals surface area contributed by atoms with Gasteiger partial charge in [-0.2, -0.15) is 0 Å². The fourth-order valence-corrected chi connectivity index (χ4v) is 3.87. The van der Waals surface area contributed by atoms with Gasteiger partial charge in [0.05, 0.1) is 0 Å². The summed E-state index contributed by atoms with van der Waals surface area (Å²) in [6.07, 6.45) is 6.13. The number of fused-ring (bicyclic) bond motifs is 1. The van der Waals surface area contributed by atoms with Gasteiger partial charge >= 0.3 is 0 Å². The van der Waals surface area contributed by atoms with Crippen LogP contribution in [0.25, 0.3) is 0 Å². The molecule has 0 heterocycles. The minimum Gasteiger partial charge on any atom is -0.294 e. The van der Waals surface area contributed by atoms with E-state index < -0.39 is 0 Å². The molecule has 3 atom stereocenters. The average molecular weight is 162 g/mol. The lowest BCUT2D eigenvalue weighted by atomic mass is 9.94. The van der Waals surface area contributed by atoms with Crippen molar-refractivity contribution < 1.29 is 4.79 Å². The summed E-state index contributed by atoms with van der Waals surface area (Å²) in [5.74, 6) is 0.830. The van der Waals surface area contributed by atoms with Crippen LogP contribution in [0.2, 0.25) is 0 Å². The Labute approximate surface area is 72.8 Å². The van der Waals surface area contributed by atoms with Crippen LogP contribution in [0.4, 0.5) is 0 Å². The summed E-state index contributed by atoms with van der Waals surface area (Å²) in [5.41, 5.74) is 1.75. The first-order chi connectivity index (χ1) is 5.62. The molecule has 0 N–H and O–H groups in total. The van der Waals surface area contributed by atoms with Gasteiger partial charge < -0.3 is 0 Å². The van der Waals surface area contributed by atoms with Crippen LogP contribution in [0.3, 0.4) is 0 Å². The number of hydrogen-bond acceptors (Lipinski definition) is 1. The summed E-state index contributed by atoms with van der Waals surface area (Å²) in [6, 6.07) is 0. The average Bonchev–Trinajstić information content (AvgIpc) is 2.29. The molecule has 1 heteroatoms. The zero-order chi connectivity index (χ0) is 8.56. The lowest BCUT2D eigenvalue weighted by Gasteiger charge is -2.09. The normalized spacial score (nSPS) is 55.0. The summed E-state index contributed by atoms with van der Waals surface area (Å²) >= 11 is 0. The van der Waals surface area contributed by atoms with E-state index in [0.29, 0.717) is 22.5 Å². The van der Waals surface area contributed by atoms with E-state index in [0.717, 1.165) is 5.57 Å². The monoisotopic (exact) mass is 162 g/mol. The molecule has 0 amide bonds. The van der Waals surface area contributed by atoms with Gasteiger partial charge in [-0.05, 0) is 30.8 Å². The van der Waals surface area contributed by atoms with Crippen molar-refractivity contribution >= 4 is 5.78 Å². The van der Waals surface area contributed by atoms with E-state index in [-0.39, 0.29) is 0 Å². The van der Waals surface area contributed by atoms with Gasteiger partial charge in [0.2, 0.25) is 0 Å². The Balaban J connectivity index is 2.13. The van der Waals surface area contributed by atoms with Crippen LogP contribution in [0.1, 0.15) is 33.1 Å². The van der Waals surface area contributed by atoms with E-state index in [1.807, 2.05) is 6.92 Å². The molecular formula is C11H14O. The highest BCUT2D eigenvalue weighted by Crippen LogP contribution is 2.81. The van der Waals surface area contributed by atoms with Crippen LogP contribution < -0.4 is 0 Å². The van der Waals surface area contributed by atoms with E-state index in [1.165, 1.54) is 19.3 Å². The number of carbonyl (C=O) groups excluding carboxylic acids is 1. The highest BCUT2D eigenvalue weighted by molar-refractivity contribution is 6.04. The first-order valence-electron chi connectivity index (χ1n) is 4.85. The fourth-order valence-electron chi connectivity index (χ4n) is 3.87. The molecule has 3 rings (SSSR count). The largest absolute Gasteiger partial charge is 0.294 e. The number of carbonyl (C=O) groups is 1. The van der Waals surface area contributed by atoms with Crippen LogP contribution in [-0.2, 0) is 4.79 Å². The lowest BCUT2D eigenvalue weighted by Crippen LogP contribution is -2.08. The third-order valence-corrected chi connectivity index (χ3v) is 4.54. The highest BCUT2D eigenvalue weighted by Gasteiger charge is 2.78. The molecule has 12 heavy (non-hydrogen) atoms. The summed E-state index contributed by atoms with van der Waals surface area (Å²) in [4.78, 5) is 11.7. The van der Waals surface area contributed by atoms with Crippen molar-refractivity contribution in [3.63, 3.8) is 0 Å². The zero-order valence-corrected chi connectivity index (χ0v) is 7.68. The van der Waals surface area contributed by atoms with Crippen molar-refractivity contribution in [2.75, 3.05) is 0 Å². The molecular weight excluding hydrogens is 148 g/mol. The minimum absolute atomic E-state index is 0.341. The van der Waals surface area contributed by atoms with Gasteiger partial charge in [0.15, 0.2) is 5.78 Å². The standard InChI is InChI=1S/C11H14O/c1-7-6-11-5-3-4-10(11,2)9(11)8(7)12/h6,9H,3-5H2,1-2H3. The predicted octanol–water partition coefficient (Wildman–Crippen LogP) is 2.32. The molecule has 2 saturated carbocycles. The Bertz CT molecular complexity index is 315. The maximum absolute atomic E-state index is 11.7. The highest BCUT2D eigenvalue weighted by atomic mass is 16.1. The van der Waals surface area contributed by atoms with Crippen molar-refractivity contribution in [2.45, 2.75) is 33.1 Å². The van der Waals surface area contributed by atoms with Gasteiger partial charge in [-0.1, -0.05) is 19.4 Å². The molecule has 3 aliphatic carbocycles. The molecule has 0 radical (unpaired) electrons. The molecule has 0 saturated heterocycles. The Morgan fingerprint density at radius 3 is 2.92 bits per heavy atom. The van der Waals surface area contributed by atoms with Crippen LogP contribution in [0.15, 0.2) is 11.6 Å². The van der Waals surface area contributed by atoms with Gasteiger partial charge in [-0.25, -0.2) is 0 Å². The molecule has 0 aromatic carbocycles. The molecule has 3 unspecified atom stereocenters. The van der Waals surface area contributed by atoms with Gasteiger partial charge in [0.1, 0.15) is 0 Å². The van der Waals surface area contributed by atoms with Crippen molar-refractivity contribution in [2.24, 2.45) is 16.7 Å². The van der Waals surface area contributed by atoms with Crippen molar-refractivity contribution in [3.05, 3.63) is 11.6 Å². The topological polar surface area (TPSA) is 17.1 Å². The quantitative estimate of drug-likeness (QED) is 0.534. The van der Waals surface area contributed by atoms with Crippen LogP contribution in [-0.4, -0.2) is 5.78 Å². The molecule has 0 aromatic heterocycles. The maximum Gasteiger partial charge on any atom is 0.162 e. The van der Waals surface area contributed by atoms with Gasteiger partial charge in [0.25, 0.3) is 0 Å². The fraction of sp³-hybridized carbons (Fsp3) is 0.727. The van der Waals surface area contributed by atoms with Crippen LogP contribution in [0, 0.1) is 16.7 Å². The minimum atomic E-state index is 0.341. The molecule has 0 aliphatic heterocycles. The second-order valence-corrected chi connectivity index (χ2v) is 4.94. The third kappa shape index (κ3) is 0.429. The molecule has 0 bridgehead atoms. The predicted molar refractivity (Wildman–Crippen MR) is 46.6 cm³/mol. The Morgan fingerprint density at radius 1 is 1.50 bits per heavy atom. The molecule has 3 aliphatic rings. The number of Topliss-reactive ketones (excluding diaryl/α,β-unsaturated/α-hetero) is 1.